The Bertz CT molecular complexity index is 1510. The molecule has 0 bridgehead atoms. The van der Waals surface area contributed by atoms with Gasteiger partial charge in [-0.15, -0.1) is 0 Å². The van der Waals surface area contributed by atoms with Crippen molar-refractivity contribution in [3.05, 3.63) is 87.6 Å². The summed E-state index contributed by atoms with van der Waals surface area (Å²) in [7, 11) is 2.10. The Kier molecular flexibility index (Phi) is 6.64. The van der Waals surface area contributed by atoms with Gasteiger partial charge in [-0.05, 0) is 69.6 Å². The first-order valence-electron chi connectivity index (χ1n) is 12.3. The van der Waals surface area contributed by atoms with E-state index in [0.717, 1.165) is 47.3 Å². The van der Waals surface area contributed by atoms with Crippen LogP contribution in [-0.2, 0) is 6.54 Å². The number of likely N-dealkylation sites (N-methyl/N-ethyl adjacent to an activating group) is 1. The van der Waals surface area contributed by atoms with Crippen molar-refractivity contribution in [1.82, 2.24) is 24.8 Å². The number of hydrogen-bond acceptors (Lipinski definition) is 6. The Labute approximate surface area is 211 Å². The predicted molar refractivity (Wildman–Crippen MR) is 142 cm³/mol. The van der Waals surface area contributed by atoms with E-state index < -0.39 is 0 Å². The molecular weight excluding hydrogens is 448 g/mol. The lowest BCUT2D eigenvalue weighted by Crippen LogP contribution is -2.35. The first kappa shape index (κ1) is 23.9. The third kappa shape index (κ3) is 4.78. The number of aryl methyl sites for hydroxylation is 2. The number of benzene rings is 2. The molecule has 0 amide bonds. The van der Waals surface area contributed by atoms with Crippen LogP contribution in [0.3, 0.4) is 0 Å². The van der Waals surface area contributed by atoms with Gasteiger partial charge in [-0.1, -0.05) is 35.4 Å². The molecule has 36 heavy (non-hydrogen) atoms. The molecule has 2 aromatic heterocycles. The fourth-order valence-corrected chi connectivity index (χ4v) is 5.22. The van der Waals surface area contributed by atoms with Gasteiger partial charge in [0.1, 0.15) is 6.33 Å². The summed E-state index contributed by atoms with van der Waals surface area (Å²) < 4.78 is 1.51. The normalized spacial score (nSPS) is 15.5. The molecule has 182 valence electrons. The number of aromatic nitrogens is 3. The van der Waals surface area contributed by atoms with Crippen molar-refractivity contribution in [2.24, 2.45) is 0 Å². The van der Waals surface area contributed by atoms with E-state index in [1.54, 1.807) is 18.2 Å². The number of hydrogen-bond donors (Lipinski definition) is 1. The SMILES string of the molecule is Cc1cc(C)cc(-c2cnc3ncn(-c4cccc(C#N)c4)c(=O)c3c2CN(C)C[C@@H]2CCCN2)c1. The molecule has 0 spiro atoms. The molecule has 5 rings (SSSR count). The lowest BCUT2D eigenvalue weighted by Gasteiger charge is -2.23. The fourth-order valence-electron chi connectivity index (χ4n) is 5.22. The molecule has 7 nitrogen and oxygen atoms in total. The van der Waals surface area contributed by atoms with Gasteiger partial charge >= 0.3 is 0 Å². The van der Waals surface area contributed by atoms with Crippen LogP contribution in [0.15, 0.2) is 59.8 Å². The van der Waals surface area contributed by atoms with E-state index in [2.05, 4.69) is 65.3 Å². The molecule has 1 atom stereocenters. The van der Waals surface area contributed by atoms with Gasteiger partial charge in [0.25, 0.3) is 5.56 Å². The molecule has 1 saturated heterocycles. The van der Waals surface area contributed by atoms with Crippen molar-refractivity contribution in [3.63, 3.8) is 0 Å². The zero-order valence-corrected chi connectivity index (χ0v) is 21.0. The quantitative estimate of drug-likeness (QED) is 0.449. The highest BCUT2D eigenvalue weighted by atomic mass is 16.1. The number of rotatable bonds is 6. The van der Waals surface area contributed by atoms with Crippen molar-refractivity contribution >= 4 is 11.0 Å². The zero-order valence-electron chi connectivity index (χ0n) is 21.0. The number of nitrogens with one attached hydrogen (secondary N) is 1. The Morgan fingerprint density at radius 3 is 2.69 bits per heavy atom. The highest BCUT2D eigenvalue weighted by Crippen LogP contribution is 2.30. The molecule has 0 aliphatic carbocycles. The van der Waals surface area contributed by atoms with Crippen LogP contribution in [0.1, 0.15) is 35.1 Å². The Morgan fingerprint density at radius 1 is 1.17 bits per heavy atom. The number of fused-ring (bicyclic) bond motifs is 1. The maximum atomic E-state index is 14.0. The largest absolute Gasteiger partial charge is 0.313 e. The maximum Gasteiger partial charge on any atom is 0.267 e. The van der Waals surface area contributed by atoms with Gasteiger partial charge in [0.15, 0.2) is 5.65 Å². The average Bonchev–Trinajstić information content (AvgIpc) is 3.36. The van der Waals surface area contributed by atoms with E-state index >= 15 is 0 Å². The van der Waals surface area contributed by atoms with Crippen molar-refractivity contribution in [3.8, 4) is 22.9 Å². The molecule has 1 fully saturated rings. The topological polar surface area (TPSA) is 86.8 Å². The van der Waals surface area contributed by atoms with E-state index in [-0.39, 0.29) is 5.56 Å². The van der Waals surface area contributed by atoms with Gasteiger partial charge in [0.05, 0.1) is 22.7 Å². The second kappa shape index (κ2) is 10.0. The van der Waals surface area contributed by atoms with E-state index in [1.165, 1.54) is 17.3 Å². The van der Waals surface area contributed by atoms with E-state index in [9.17, 15) is 10.1 Å². The summed E-state index contributed by atoms with van der Waals surface area (Å²) in [5, 5.41) is 13.4. The minimum atomic E-state index is -0.184. The van der Waals surface area contributed by atoms with Crippen LogP contribution in [0, 0.1) is 25.2 Å². The van der Waals surface area contributed by atoms with Crippen molar-refractivity contribution in [2.45, 2.75) is 39.3 Å². The molecule has 2 aromatic carbocycles. The van der Waals surface area contributed by atoms with E-state index in [4.69, 9.17) is 0 Å². The lowest BCUT2D eigenvalue weighted by atomic mass is 9.96. The number of nitriles is 1. The van der Waals surface area contributed by atoms with Crippen LogP contribution in [0.4, 0.5) is 0 Å². The Balaban J connectivity index is 1.70. The number of pyridine rings is 1. The van der Waals surface area contributed by atoms with Crippen LogP contribution < -0.4 is 10.9 Å². The molecule has 0 unspecified atom stereocenters. The van der Waals surface area contributed by atoms with Gasteiger partial charge in [-0.2, -0.15) is 5.26 Å². The molecule has 1 aliphatic rings. The standard InChI is InChI=1S/C29H30N6O/c1-19-10-20(2)12-22(11-19)25-15-32-28-27(26(25)17-34(3)16-23-7-5-9-31-23)29(36)35(18-33-28)24-8-4-6-21(13-24)14-30/h4,6,8,10-13,15,18,23,31H,5,7,9,16-17H2,1-3H3/t23-/m0/s1. The summed E-state index contributed by atoms with van der Waals surface area (Å²) in [6.45, 7) is 6.72. The van der Waals surface area contributed by atoms with Gasteiger partial charge < -0.3 is 10.2 Å². The van der Waals surface area contributed by atoms with Gasteiger partial charge in [0.2, 0.25) is 0 Å². The van der Waals surface area contributed by atoms with Crippen LogP contribution in [0.5, 0.6) is 0 Å². The molecule has 3 heterocycles. The predicted octanol–water partition coefficient (Wildman–Crippen LogP) is 4.12. The third-order valence-electron chi connectivity index (χ3n) is 6.80. The summed E-state index contributed by atoms with van der Waals surface area (Å²) in [5.41, 5.74) is 6.60. The van der Waals surface area contributed by atoms with E-state index in [1.807, 2.05) is 12.3 Å². The van der Waals surface area contributed by atoms with Crippen LogP contribution >= 0.6 is 0 Å². The molecule has 1 aliphatic heterocycles. The first-order valence-corrected chi connectivity index (χ1v) is 12.3. The van der Waals surface area contributed by atoms with Crippen molar-refractivity contribution < 1.29 is 0 Å². The van der Waals surface area contributed by atoms with Crippen LogP contribution in [0.25, 0.3) is 27.8 Å². The highest BCUT2D eigenvalue weighted by Gasteiger charge is 2.21. The van der Waals surface area contributed by atoms with Crippen LogP contribution in [-0.4, -0.2) is 45.6 Å². The van der Waals surface area contributed by atoms with Gasteiger partial charge in [-0.25, -0.2) is 9.97 Å². The van der Waals surface area contributed by atoms with Crippen molar-refractivity contribution in [2.75, 3.05) is 20.1 Å². The summed E-state index contributed by atoms with van der Waals surface area (Å²) in [4.78, 5) is 25.4. The molecule has 0 saturated carbocycles. The maximum absolute atomic E-state index is 14.0. The highest BCUT2D eigenvalue weighted by molar-refractivity contribution is 5.86. The van der Waals surface area contributed by atoms with Gasteiger partial charge in [0, 0.05) is 30.9 Å². The Morgan fingerprint density at radius 2 is 1.97 bits per heavy atom. The third-order valence-corrected chi connectivity index (χ3v) is 6.80. The van der Waals surface area contributed by atoms with Gasteiger partial charge in [-0.3, -0.25) is 9.36 Å². The summed E-state index contributed by atoms with van der Waals surface area (Å²) in [6.07, 6.45) is 5.71. The molecule has 7 heteroatoms. The minimum absolute atomic E-state index is 0.184. The second-order valence-electron chi connectivity index (χ2n) is 9.80. The summed E-state index contributed by atoms with van der Waals surface area (Å²) >= 11 is 0. The Hall–Kier alpha value is -3.86. The fraction of sp³-hybridized carbons (Fsp3) is 0.310. The monoisotopic (exact) mass is 478 g/mol. The first-order chi connectivity index (χ1) is 17.4. The van der Waals surface area contributed by atoms with E-state index in [0.29, 0.717) is 34.9 Å². The summed E-state index contributed by atoms with van der Waals surface area (Å²) in [6, 6.07) is 16.0. The second-order valence-corrected chi connectivity index (χ2v) is 9.80. The number of nitrogens with zero attached hydrogens (tertiary/aromatic N) is 5. The van der Waals surface area contributed by atoms with Crippen molar-refractivity contribution in [1.29, 1.82) is 5.26 Å². The molecule has 1 N–H and O–H groups in total. The van der Waals surface area contributed by atoms with Crippen LogP contribution in [0.2, 0.25) is 0 Å². The zero-order chi connectivity index (χ0) is 25.2. The lowest BCUT2D eigenvalue weighted by molar-refractivity contribution is 0.294. The summed E-state index contributed by atoms with van der Waals surface area (Å²) in [5.74, 6) is 0. The average molecular weight is 479 g/mol. The molecule has 4 aromatic rings. The molecule has 0 radical (unpaired) electrons. The minimum Gasteiger partial charge on any atom is -0.313 e. The smallest absolute Gasteiger partial charge is 0.267 e. The molecular formula is C29H30N6O.